The standard InChI is InChI=1S/C21H31N5OS/c1-5-16(4)24-21(27)23-13-17-9-6-7-11-19(17)28-18-10-8-12-26(14-18)20(25-22)15(2)3/h6-11,14-16H,5,12-13,22H2,1-4H3,(H2,23,24,27)/b25-20-. The molecule has 4 N–H and O–H groups in total. The molecule has 1 aliphatic heterocycles. The van der Waals surface area contributed by atoms with Crippen LogP contribution in [0.15, 0.2) is 57.5 Å². The van der Waals surface area contributed by atoms with E-state index < -0.39 is 0 Å². The van der Waals surface area contributed by atoms with Gasteiger partial charge in [-0.3, -0.25) is 0 Å². The lowest BCUT2D eigenvalue weighted by molar-refractivity contribution is 0.237. The quantitative estimate of drug-likeness (QED) is 0.279. The molecule has 0 spiro atoms. The van der Waals surface area contributed by atoms with E-state index in [1.165, 1.54) is 0 Å². The SMILES string of the molecule is CCC(C)NC(=O)NCc1ccccc1SC1=CN(/C(=N\N)C(C)C)CC=C1. The number of carbonyl (C=O) groups is 1. The van der Waals surface area contributed by atoms with Gasteiger partial charge in [-0.05, 0) is 31.1 Å². The molecule has 1 aromatic rings. The number of carbonyl (C=O) groups excluding carboxylic acids is 1. The van der Waals surface area contributed by atoms with Crippen molar-refractivity contribution in [3.63, 3.8) is 0 Å². The molecule has 7 heteroatoms. The smallest absolute Gasteiger partial charge is 0.315 e. The summed E-state index contributed by atoms with van der Waals surface area (Å²) in [6, 6.07) is 8.13. The number of hydrazone groups is 1. The molecule has 0 aromatic heterocycles. The molecule has 0 aliphatic carbocycles. The average Bonchev–Trinajstić information content (AvgIpc) is 2.68. The van der Waals surface area contributed by atoms with E-state index in [-0.39, 0.29) is 18.0 Å². The molecular formula is C21H31N5OS. The second-order valence-electron chi connectivity index (χ2n) is 7.07. The number of amides is 2. The highest BCUT2D eigenvalue weighted by Crippen LogP contribution is 2.32. The van der Waals surface area contributed by atoms with Crippen LogP contribution in [0.5, 0.6) is 0 Å². The summed E-state index contributed by atoms with van der Waals surface area (Å²) < 4.78 is 0. The number of nitrogens with two attached hydrogens (primary N) is 1. The number of thioether (sulfide) groups is 1. The van der Waals surface area contributed by atoms with Crippen LogP contribution in [0.1, 0.15) is 39.7 Å². The van der Waals surface area contributed by atoms with Crippen LogP contribution in [0.3, 0.4) is 0 Å². The number of rotatable bonds is 7. The highest BCUT2D eigenvalue weighted by atomic mass is 32.2. The number of amidine groups is 1. The highest BCUT2D eigenvalue weighted by molar-refractivity contribution is 8.03. The molecule has 1 aromatic carbocycles. The Hall–Kier alpha value is -2.41. The maximum Gasteiger partial charge on any atom is 0.315 e. The fraction of sp³-hybridized carbons (Fsp3) is 0.429. The third-order valence-electron chi connectivity index (χ3n) is 4.44. The monoisotopic (exact) mass is 401 g/mol. The van der Waals surface area contributed by atoms with Crippen molar-refractivity contribution in [2.24, 2.45) is 16.9 Å². The van der Waals surface area contributed by atoms with Crippen LogP contribution in [-0.2, 0) is 6.54 Å². The topological polar surface area (TPSA) is 82.8 Å². The van der Waals surface area contributed by atoms with Crippen molar-refractivity contribution in [3.8, 4) is 0 Å². The van der Waals surface area contributed by atoms with Gasteiger partial charge in [-0.25, -0.2) is 4.79 Å². The molecule has 1 heterocycles. The van der Waals surface area contributed by atoms with Gasteiger partial charge in [-0.15, -0.1) is 0 Å². The molecule has 1 unspecified atom stereocenters. The van der Waals surface area contributed by atoms with Crippen molar-refractivity contribution >= 4 is 23.6 Å². The molecule has 2 rings (SSSR count). The van der Waals surface area contributed by atoms with E-state index >= 15 is 0 Å². The summed E-state index contributed by atoms with van der Waals surface area (Å²) in [6.07, 6.45) is 7.20. The third-order valence-corrected chi connectivity index (χ3v) is 5.54. The van der Waals surface area contributed by atoms with Crippen LogP contribution in [-0.4, -0.2) is 29.4 Å². The van der Waals surface area contributed by atoms with Gasteiger partial charge in [0.05, 0.1) is 0 Å². The van der Waals surface area contributed by atoms with Crippen LogP contribution in [0.25, 0.3) is 0 Å². The summed E-state index contributed by atoms with van der Waals surface area (Å²) in [7, 11) is 0. The summed E-state index contributed by atoms with van der Waals surface area (Å²) in [5.41, 5.74) is 1.08. The van der Waals surface area contributed by atoms with E-state index in [0.717, 1.165) is 34.2 Å². The maximum atomic E-state index is 12.0. The summed E-state index contributed by atoms with van der Waals surface area (Å²) in [4.78, 5) is 16.3. The predicted octanol–water partition coefficient (Wildman–Crippen LogP) is 4.02. The molecule has 0 fully saturated rings. The van der Waals surface area contributed by atoms with Crippen molar-refractivity contribution in [2.45, 2.75) is 51.6 Å². The Morgan fingerprint density at radius 1 is 1.32 bits per heavy atom. The van der Waals surface area contributed by atoms with Gasteiger partial charge in [-0.2, -0.15) is 5.10 Å². The van der Waals surface area contributed by atoms with E-state index in [9.17, 15) is 4.79 Å². The number of hydrogen-bond acceptors (Lipinski definition) is 4. The fourth-order valence-corrected chi connectivity index (χ4v) is 3.75. The third kappa shape index (κ3) is 6.34. The number of nitrogens with zero attached hydrogens (tertiary/aromatic N) is 2. The second kappa shape index (κ2) is 10.8. The lowest BCUT2D eigenvalue weighted by Gasteiger charge is -2.26. The van der Waals surface area contributed by atoms with Crippen molar-refractivity contribution < 1.29 is 4.79 Å². The Bertz CT molecular complexity index is 757. The maximum absolute atomic E-state index is 12.0. The Labute approximate surface area is 172 Å². The minimum absolute atomic E-state index is 0.141. The van der Waals surface area contributed by atoms with E-state index in [4.69, 9.17) is 5.84 Å². The lowest BCUT2D eigenvalue weighted by Crippen LogP contribution is -2.40. The number of nitrogens with one attached hydrogen (secondary N) is 2. The van der Waals surface area contributed by atoms with Gasteiger partial charge in [0.2, 0.25) is 0 Å². The van der Waals surface area contributed by atoms with E-state index in [1.54, 1.807) is 11.8 Å². The molecule has 1 aliphatic rings. The molecule has 0 saturated carbocycles. The summed E-state index contributed by atoms with van der Waals surface area (Å²) in [5, 5.41) is 9.82. The fourth-order valence-electron chi connectivity index (χ4n) is 2.74. The first kappa shape index (κ1) is 21.9. The van der Waals surface area contributed by atoms with Gasteiger partial charge < -0.3 is 21.4 Å². The largest absolute Gasteiger partial charge is 0.336 e. The van der Waals surface area contributed by atoms with Crippen LogP contribution >= 0.6 is 11.8 Å². The zero-order chi connectivity index (χ0) is 20.5. The molecule has 0 bridgehead atoms. The van der Waals surface area contributed by atoms with Gasteiger partial charge in [0.1, 0.15) is 5.84 Å². The first-order chi connectivity index (χ1) is 13.4. The molecule has 2 amide bonds. The first-order valence-electron chi connectivity index (χ1n) is 9.67. The minimum Gasteiger partial charge on any atom is -0.336 e. The second-order valence-corrected chi connectivity index (χ2v) is 8.19. The number of allylic oxidation sites excluding steroid dienone is 1. The van der Waals surface area contributed by atoms with Gasteiger partial charge in [0.15, 0.2) is 0 Å². The molecular weight excluding hydrogens is 370 g/mol. The summed E-state index contributed by atoms with van der Waals surface area (Å²) in [5.74, 6) is 6.69. The molecule has 0 radical (unpaired) electrons. The van der Waals surface area contributed by atoms with Crippen molar-refractivity contribution in [1.82, 2.24) is 15.5 Å². The van der Waals surface area contributed by atoms with Crippen LogP contribution in [0.4, 0.5) is 4.79 Å². The van der Waals surface area contributed by atoms with Gasteiger partial charge in [-0.1, -0.05) is 56.8 Å². The predicted molar refractivity (Wildman–Crippen MR) is 118 cm³/mol. The van der Waals surface area contributed by atoms with E-state index in [1.807, 2.05) is 32.0 Å². The summed E-state index contributed by atoms with van der Waals surface area (Å²) in [6.45, 7) is 9.44. The first-order valence-corrected chi connectivity index (χ1v) is 10.5. The average molecular weight is 402 g/mol. The van der Waals surface area contributed by atoms with Crippen molar-refractivity contribution in [2.75, 3.05) is 6.54 Å². The van der Waals surface area contributed by atoms with Crippen molar-refractivity contribution in [1.29, 1.82) is 0 Å². The molecule has 6 nitrogen and oxygen atoms in total. The molecule has 28 heavy (non-hydrogen) atoms. The van der Waals surface area contributed by atoms with Crippen LogP contribution in [0, 0.1) is 5.92 Å². The Kier molecular flexibility index (Phi) is 8.44. The van der Waals surface area contributed by atoms with Gasteiger partial charge in [0.25, 0.3) is 0 Å². The zero-order valence-corrected chi connectivity index (χ0v) is 17.9. The number of urea groups is 1. The Morgan fingerprint density at radius 2 is 2.07 bits per heavy atom. The van der Waals surface area contributed by atoms with Crippen LogP contribution in [0.2, 0.25) is 0 Å². The van der Waals surface area contributed by atoms with Gasteiger partial charge >= 0.3 is 6.03 Å². The van der Waals surface area contributed by atoms with E-state index in [0.29, 0.717) is 6.54 Å². The zero-order valence-electron chi connectivity index (χ0n) is 17.1. The lowest BCUT2D eigenvalue weighted by atomic mass is 10.1. The molecule has 0 saturated heterocycles. The van der Waals surface area contributed by atoms with Gasteiger partial charge in [0, 0.05) is 41.0 Å². The summed E-state index contributed by atoms with van der Waals surface area (Å²) >= 11 is 1.67. The number of hydrogen-bond donors (Lipinski definition) is 3. The minimum atomic E-state index is -0.141. The van der Waals surface area contributed by atoms with Crippen LogP contribution < -0.4 is 16.5 Å². The Morgan fingerprint density at radius 3 is 2.75 bits per heavy atom. The highest BCUT2D eigenvalue weighted by Gasteiger charge is 2.16. The van der Waals surface area contributed by atoms with E-state index in [2.05, 4.69) is 58.9 Å². The van der Waals surface area contributed by atoms with Crippen molar-refractivity contribution in [3.05, 3.63) is 53.1 Å². The normalized spacial score (nSPS) is 15.4. The Balaban J connectivity index is 2.07. The molecule has 1 atom stereocenters. The molecule has 152 valence electrons. The number of benzene rings is 1.